The molecule has 2 atom stereocenters. The summed E-state index contributed by atoms with van der Waals surface area (Å²) >= 11 is 5.47. The number of hydrogen-bond donors (Lipinski definition) is 3. The molecule has 1 rings (SSSR count). The van der Waals surface area contributed by atoms with E-state index < -0.39 is 12.2 Å². The Labute approximate surface area is 110 Å². The lowest BCUT2D eigenvalue weighted by Crippen LogP contribution is -2.20. The van der Waals surface area contributed by atoms with E-state index in [2.05, 4.69) is 0 Å². The van der Waals surface area contributed by atoms with Gasteiger partial charge in [-0.05, 0) is 18.6 Å². The Balaban J connectivity index is 3.23. The fourth-order valence-corrected chi connectivity index (χ4v) is 1.87. The minimum Gasteiger partial charge on any atom is -0.504 e. The number of phenolic OH excluding ortho intramolecular Hbond substituents is 1. The first-order valence-corrected chi connectivity index (χ1v) is 5.87. The molecule has 0 aliphatic heterocycles. The molecule has 18 heavy (non-hydrogen) atoms. The van der Waals surface area contributed by atoms with Crippen LogP contribution in [-0.2, 0) is 0 Å². The van der Waals surface area contributed by atoms with Crippen LogP contribution in [0, 0.1) is 0 Å². The Hall–Kier alpha value is -1.30. The first-order valence-electron chi connectivity index (χ1n) is 5.33. The molecule has 0 radical (unpaired) electrons. The lowest BCUT2D eigenvalue weighted by atomic mass is 9.96. The summed E-state index contributed by atoms with van der Waals surface area (Å²) in [6.07, 6.45) is -1.94. The lowest BCUT2D eigenvalue weighted by Gasteiger charge is -2.20. The minimum atomic E-state index is -1.40. The molecule has 1 aromatic rings. The van der Waals surface area contributed by atoms with E-state index in [1.54, 1.807) is 0 Å². The second kappa shape index (κ2) is 6.58. The molecule has 0 saturated heterocycles. The van der Waals surface area contributed by atoms with Gasteiger partial charge in [-0.25, -0.2) is 0 Å². The Bertz CT molecular complexity index is 421. The molecule has 5 nitrogen and oxygen atoms in total. The molecular weight excluding hydrogens is 260 g/mol. The predicted octanol–water partition coefficient (Wildman–Crippen LogP) is 1.24. The number of methoxy groups -OCH3 is 1. The first-order chi connectivity index (χ1) is 8.56. The second-order valence-corrected chi connectivity index (χ2v) is 4.10. The number of aliphatic hydroxyl groups is 2. The molecule has 0 aliphatic carbocycles. The van der Waals surface area contributed by atoms with Crippen LogP contribution in [0.1, 0.15) is 28.4 Å². The standard InChI is InChI=1S/C12H15ClO5/c1-18-9-3-2-7(6-14)10(12(9)17)11(16)8(15)4-5-13/h2-3,6,8,11,15-17H,4-5H2,1H3. The van der Waals surface area contributed by atoms with Crippen molar-refractivity contribution in [2.75, 3.05) is 13.0 Å². The first kappa shape index (κ1) is 14.8. The molecule has 3 N–H and O–H groups in total. The van der Waals surface area contributed by atoms with Crippen LogP contribution in [0.4, 0.5) is 0 Å². The topological polar surface area (TPSA) is 87.0 Å². The number of aldehydes is 1. The second-order valence-electron chi connectivity index (χ2n) is 3.73. The van der Waals surface area contributed by atoms with Crippen molar-refractivity contribution in [3.05, 3.63) is 23.3 Å². The molecule has 0 aliphatic rings. The highest BCUT2D eigenvalue weighted by Gasteiger charge is 2.25. The number of halogens is 1. The zero-order valence-corrected chi connectivity index (χ0v) is 10.6. The van der Waals surface area contributed by atoms with Gasteiger partial charge in [0.2, 0.25) is 0 Å². The van der Waals surface area contributed by atoms with Gasteiger partial charge in [-0.1, -0.05) is 0 Å². The number of phenols is 1. The average molecular weight is 275 g/mol. The van der Waals surface area contributed by atoms with E-state index >= 15 is 0 Å². The third-order valence-corrected chi connectivity index (χ3v) is 2.84. The van der Waals surface area contributed by atoms with Gasteiger partial charge < -0.3 is 20.1 Å². The Morgan fingerprint density at radius 2 is 2.11 bits per heavy atom. The van der Waals surface area contributed by atoms with Gasteiger partial charge in [-0.2, -0.15) is 0 Å². The number of aromatic hydroxyl groups is 1. The fourth-order valence-electron chi connectivity index (χ4n) is 1.64. The van der Waals surface area contributed by atoms with Gasteiger partial charge in [-0.15, -0.1) is 11.6 Å². The van der Waals surface area contributed by atoms with Gasteiger partial charge in [0.1, 0.15) is 6.10 Å². The maximum absolute atomic E-state index is 10.9. The van der Waals surface area contributed by atoms with Crippen LogP contribution >= 0.6 is 11.6 Å². The van der Waals surface area contributed by atoms with E-state index in [9.17, 15) is 20.1 Å². The molecule has 0 aromatic heterocycles. The van der Waals surface area contributed by atoms with Gasteiger partial charge in [0.15, 0.2) is 17.8 Å². The zero-order chi connectivity index (χ0) is 13.7. The van der Waals surface area contributed by atoms with Crippen LogP contribution in [-0.4, -0.2) is 40.7 Å². The molecule has 0 spiro atoms. The molecule has 6 heteroatoms. The van der Waals surface area contributed by atoms with Crippen LogP contribution < -0.4 is 4.74 Å². The van der Waals surface area contributed by atoms with Crippen molar-refractivity contribution in [3.8, 4) is 11.5 Å². The molecule has 1 aromatic carbocycles. The fraction of sp³-hybridized carbons (Fsp3) is 0.417. The number of aliphatic hydroxyl groups excluding tert-OH is 2. The van der Waals surface area contributed by atoms with Crippen LogP contribution in [0.3, 0.4) is 0 Å². The van der Waals surface area contributed by atoms with Crippen LogP contribution in [0.25, 0.3) is 0 Å². The zero-order valence-electron chi connectivity index (χ0n) is 9.84. The van der Waals surface area contributed by atoms with Crippen molar-refractivity contribution in [1.82, 2.24) is 0 Å². The number of benzene rings is 1. The van der Waals surface area contributed by atoms with Crippen molar-refractivity contribution in [1.29, 1.82) is 0 Å². The van der Waals surface area contributed by atoms with Gasteiger partial charge in [0.05, 0.1) is 13.2 Å². The van der Waals surface area contributed by atoms with E-state index in [-0.39, 0.29) is 34.9 Å². The highest BCUT2D eigenvalue weighted by Crippen LogP contribution is 2.37. The Morgan fingerprint density at radius 1 is 1.44 bits per heavy atom. The molecular formula is C12H15ClO5. The van der Waals surface area contributed by atoms with Gasteiger partial charge in [0, 0.05) is 17.0 Å². The molecule has 0 bridgehead atoms. The Kier molecular flexibility index (Phi) is 5.40. The third-order valence-electron chi connectivity index (χ3n) is 2.63. The highest BCUT2D eigenvalue weighted by molar-refractivity contribution is 6.17. The summed E-state index contributed by atoms with van der Waals surface area (Å²) in [4.78, 5) is 10.9. The number of alkyl halides is 1. The van der Waals surface area contributed by atoms with Crippen molar-refractivity contribution in [2.24, 2.45) is 0 Å². The number of hydrogen-bond acceptors (Lipinski definition) is 5. The quantitative estimate of drug-likeness (QED) is 0.537. The summed E-state index contributed by atoms with van der Waals surface area (Å²) in [6.45, 7) is 0. The lowest BCUT2D eigenvalue weighted by molar-refractivity contribution is 0.0151. The third kappa shape index (κ3) is 2.93. The maximum atomic E-state index is 10.9. The summed E-state index contributed by atoms with van der Waals surface area (Å²) in [5, 5.41) is 29.5. The number of carbonyl (C=O) groups excluding carboxylic acids is 1. The SMILES string of the molecule is COc1ccc(C=O)c(C(O)C(O)CCCl)c1O. The van der Waals surface area contributed by atoms with E-state index in [4.69, 9.17) is 16.3 Å². The van der Waals surface area contributed by atoms with Crippen LogP contribution in [0.15, 0.2) is 12.1 Å². The van der Waals surface area contributed by atoms with E-state index in [0.29, 0.717) is 6.29 Å². The van der Waals surface area contributed by atoms with Crippen molar-refractivity contribution >= 4 is 17.9 Å². The van der Waals surface area contributed by atoms with Crippen molar-refractivity contribution in [3.63, 3.8) is 0 Å². The average Bonchev–Trinajstić information content (AvgIpc) is 2.37. The molecule has 0 fully saturated rings. The van der Waals surface area contributed by atoms with E-state index in [0.717, 1.165) is 0 Å². The van der Waals surface area contributed by atoms with Crippen molar-refractivity contribution < 1.29 is 24.9 Å². The molecule has 0 saturated carbocycles. The molecule has 100 valence electrons. The normalized spacial score (nSPS) is 14.0. The largest absolute Gasteiger partial charge is 0.504 e. The molecule has 2 unspecified atom stereocenters. The smallest absolute Gasteiger partial charge is 0.164 e. The summed E-state index contributed by atoms with van der Waals surface area (Å²) in [7, 11) is 1.35. The summed E-state index contributed by atoms with van der Waals surface area (Å²) < 4.78 is 4.89. The predicted molar refractivity (Wildman–Crippen MR) is 66.3 cm³/mol. The summed E-state index contributed by atoms with van der Waals surface area (Å²) in [5.41, 5.74) is 0.0383. The van der Waals surface area contributed by atoms with E-state index in [1.807, 2.05) is 0 Å². The van der Waals surface area contributed by atoms with Crippen molar-refractivity contribution in [2.45, 2.75) is 18.6 Å². The molecule has 0 heterocycles. The van der Waals surface area contributed by atoms with E-state index in [1.165, 1.54) is 19.2 Å². The van der Waals surface area contributed by atoms with Gasteiger partial charge in [-0.3, -0.25) is 4.79 Å². The summed E-state index contributed by atoms with van der Waals surface area (Å²) in [6, 6.07) is 2.81. The molecule has 0 amide bonds. The van der Waals surface area contributed by atoms with Gasteiger partial charge >= 0.3 is 0 Å². The number of rotatable bonds is 6. The van der Waals surface area contributed by atoms with Crippen LogP contribution in [0.5, 0.6) is 11.5 Å². The number of carbonyl (C=O) groups is 1. The number of ether oxygens (including phenoxy) is 1. The Morgan fingerprint density at radius 3 is 2.61 bits per heavy atom. The highest BCUT2D eigenvalue weighted by atomic mass is 35.5. The summed E-state index contributed by atoms with van der Waals surface area (Å²) in [5.74, 6) is -0.0877. The maximum Gasteiger partial charge on any atom is 0.164 e. The van der Waals surface area contributed by atoms with Gasteiger partial charge in [0.25, 0.3) is 0 Å². The monoisotopic (exact) mass is 274 g/mol. The van der Waals surface area contributed by atoms with Crippen LogP contribution in [0.2, 0.25) is 0 Å². The minimum absolute atomic E-state index is 0.0537.